The maximum absolute atomic E-state index is 11.7. The average Bonchev–Trinajstić information content (AvgIpc) is 2.92. The second kappa shape index (κ2) is 8.58. The highest BCUT2D eigenvalue weighted by Crippen LogP contribution is 2.27. The second-order valence-electron chi connectivity index (χ2n) is 5.53. The van der Waals surface area contributed by atoms with Gasteiger partial charge < -0.3 is 14.8 Å². The van der Waals surface area contributed by atoms with Crippen molar-refractivity contribution in [2.24, 2.45) is 0 Å². The fourth-order valence-corrected chi connectivity index (χ4v) is 3.45. The van der Waals surface area contributed by atoms with Crippen LogP contribution in [0.3, 0.4) is 0 Å². The van der Waals surface area contributed by atoms with Gasteiger partial charge in [-0.25, -0.2) is 0 Å². The summed E-state index contributed by atoms with van der Waals surface area (Å²) in [6.45, 7) is 2.75. The minimum absolute atomic E-state index is 0.169. The molecule has 26 heavy (non-hydrogen) atoms. The number of carbonyl (C=O) groups excluding carboxylic acids is 1. The summed E-state index contributed by atoms with van der Waals surface area (Å²) in [6.07, 6.45) is 1.79. The lowest BCUT2D eigenvalue weighted by Crippen LogP contribution is -2.17. The van der Waals surface area contributed by atoms with Crippen LogP contribution in [0.15, 0.2) is 47.4 Å². The van der Waals surface area contributed by atoms with E-state index >= 15 is 0 Å². The van der Waals surface area contributed by atoms with Crippen molar-refractivity contribution in [3.63, 3.8) is 0 Å². The largest absolute Gasteiger partial charge is 0.490 e. The minimum Gasteiger partial charge on any atom is -0.490 e. The summed E-state index contributed by atoms with van der Waals surface area (Å²) in [5.41, 5.74) is 1.85. The Bertz CT molecular complexity index is 883. The van der Waals surface area contributed by atoms with Gasteiger partial charge in [0.05, 0.1) is 4.91 Å². The van der Waals surface area contributed by atoms with Crippen LogP contribution in [0.5, 0.6) is 11.5 Å². The lowest BCUT2D eigenvalue weighted by molar-refractivity contribution is -0.115. The van der Waals surface area contributed by atoms with Crippen LogP contribution in [0.2, 0.25) is 5.02 Å². The Balaban J connectivity index is 1.54. The zero-order chi connectivity index (χ0) is 18.5. The number of ether oxygens (including phenoxy) is 2. The molecule has 0 aliphatic carbocycles. The van der Waals surface area contributed by atoms with Gasteiger partial charge in [-0.05, 0) is 54.5 Å². The van der Waals surface area contributed by atoms with E-state index in [0.717, 1.165) is 21.9 Å². The molecule has 1 aliphatic heterocycles. The maximum Gasteiger partial charge on any atom is 0.263 e. The van der Waals surface area contributed by atoms with E-state index in [-0.39, 0.29) is 5.91 Å². The van der Waals surface area contributed by atoms with E-state index in [1.807, 2.05) is 49.4 Å². The first-order valence-corrected chi connectivity index (χ1v) is 9.48. The second-order valence-corrected chi connectivity index (χ2v) is 7.66. The molecule has 134 valence electrons. The van der Waals surface area contributed by atoms with Gasteiger partial charge in [-0.1, -0.05) is 47.7 Å². The molecule has 1 N–H and O–H groups in total. The van der Waals surface area contributed by atoms with E-state index in [0.29, 0.717) is 28.2 Å². The topological polar surface area (TPSA) is 47.6 Å². The summed E-state index contributed by atoms with van der Waals surface area (Å²) >= 11 is 12.2. The minimum atomic E-state index is -0.169. The van der Waals surface area contributed by atoms with Crippen LogP contribution in [-0.2, 0) is 4.79 Å². The summed E-state index contributed by atoms with van der Waals surface area (Å²) < 4.78 is 11.9. The normalized spacial score (nSPS) is 15.2. The van der Waals surface area contributed by atoms with Crippen LogP contribution >= 0.6 is 35.6 Å². The van der Waals surface area contributed by atoms with Gasteiger partial charge in [-0.15, -0.1) is 0 Å². The van der Waals surface area contributed by atoms with Crippen molar-refractivity contribution in [1.82, 2.24) is 5.32 Å². The molecule has 2 aromatic rings. The third-order valence-electron chi connectivity index (χ3n) is 3.55. The summed E-state index contributed by atoms with van der Waals surface area (Å²) in [6, 6.07) is 13.0. The Hall–Kier alpha value is -2.02. The van der Waals surface area contributed by atoms with E-state index < -0.39 is 0 Å². The van der Waals surface area contributed by atoms with E-state index in [1.165, 1.54) is 11.8 Å². The van der Waals surface area contributed by atoms with Crippen molar-refractivity contribution in [2.45, 2.75) is 6.92 Å². The third kappa shape index (κ3) is 5.00. The first kappa shape index (κ1) is 18.8. The Morgan fingerprint density at radius 1 is 1.15 bits per heavy atom. The van der Waals surface area contributed by atoms with Gasteiger partial charge in [-0.2, -0.15) is 0 Å². The average molecular weight is 406 g/mol. The fourth-order valence-electron chi connectivity index (χ4n) is 2.29. The molecule has 2 aromatic carbocycles. The van der Waals surface area contributed by atoms with Gasteiger partial charge >= 0.3 is 0 Å². The molecule has 4 nitrogen and oxygen atoms in total. The molecule has 1 amide bonds. The first-order valence-electron chi connectivity index (χ1n) is 7.88. The number of hydrogen-bond acceptors (Lipinski definition) is 5. The molecule has 0 bridgehead atoms. The number of nitrogens with one attached hydrogen (secondary N) is 1. The van der Waals surface area contributed by atoms with Crippen molar-refractivity contribution in [3.8, 4) is 11.5 Å². The van der Waals surface area contributed by atoms with Crippen molar-refractivity contribution in [2.75, 3.05) is 13.2 Å². The van der Waals surface area contributed by atoms with Gasteiger partial charge in [0.1, 0.15) is 29.0 Å². The van der Waals surface area contributed by atoms with E-state index in [1.54, 1.807) is 6.08 Å². The molecule has 3 rings (SSSR count). The number of hydrogen-bond donors (Lipinski definition) is 1. The lowest BCUT2D eigenvalue weighted by Gasteiger charge is -2.10. The van der Waals surface area contributed by atoms with Gasteiger partial charge in [0.15, 0.2) is 0 Å². The van der Waals surface area contributed by atoms with Gasteiger partial charge in [-0.3, -0.25) is 4.79 Å². The number of aryl methyl sites for hydroxylation is 1. The van der Waals surface area contributed by atoms with Crippen LogP contribution in [-0.4, -0.2) is 23.4 Å². The highest BCUT2D eigenvalue weighted by molar-refractivity contribution is 8.26. The maximum atomic E-state index is 11.7. The smallest absolute Gasteiger partial charge is 0.263 e. The summed E-state index contributed by atoms with van der Waals surface area (Å²) in [5, 5.41) is 3.31. The molecule has 0 atom stereocenters. The zero-order valence-electron chi connectivity index (χ0n) is 14.0. The van der Waals surface area contributed by atoms with Gasteiger partial charge in [0.2, 0.25) is 0 Å². The highest BCUT2D eigenvalue weighted by Gasteiger charge is 2.21. The number of rotatable bonds is 6. The van der Waals surface area contributed by atoms with Crippen molar-refractivity contribution < 1.29 is 14.3 Å². The summed E-state index contributed by atoms with van der Waals surface area (Å²) in [5.74, 6) is 1.30. The third-order valence-corrected chi connectivity index (χ3v) is 5.13. The Morgan fingerprint density at radius 3 is 2.54 bits per heavy atom. The summed E-state index contributed by atoms with van der Waals surface area (Å²) in [4.78, 5) is 12.3. The number of carbonyl (C=O) groups is 1. The fraction of sp³-hybridized carbons (Fsp3) is 0.158. The number of thioether (sulfide) groups is 1. The van der Waals surface area contributed by atoms with E-state index in [4.69, 9.17) is 33.3 Å². The van der Waals surface area contributed by atoms with Crippen molar-refractivity contribution in [3.05, 3.63) is 63.5 Å². The monoisotopic (exact) mass is 405 g/mol. The predicted molar refractivity (Wildman–Crippen MR) is 110 cm³/mol. The SMILES string of the molecule is Cc1cc(OCCOc2cccc(/C=C3\SC(=S)NC3=O)c2)ccc1Cl. The Labute approximate surface area is 166 Å². The highest BCUT2D eigenvalue weighted by atomic mass is 35.5. The Kier molecular flexibility index (Phi) is 6.19. The number of amides is 1. The van der Waals surface area contributed by atoms with Gasteiger partial charge in [0.25, 0.3) is 5.91 Å². The van der Waals surface area contributed by atoms with Crippen LogP contribution in [0.4, 0.5) is 0 Å². The van der Waals surface area contributed by atoms with Crippen LogP contribution in [0.25, 0.3) is 6.08 Å². The molecule has 7 heteroatoms. The molecular formula is C19H16ClNO3S2. The predicted octanol–water partition coefficient (Wildman–Crippen LogP) is 4.60. The zero-order valence-corrected chi connectivity index (χ0v) is 16.3. The number of halogens is 1. The van der Waals surface area contributed by atoms with Gasteiger partial charge in [0, 0.05) is 5.02 Å². The quantitative estimate of drug-likeness (QED) is 0.432. The summed E-state index contributed by atoms with van der Waals surface area (Å²) in [7, 11) is 0. The molecule has 1 aliphatic rings. The molecule has 1 fully saturated rings. The molecule has 0 spiro atoms. The van der Waals surface area contributed by atoms with Crippen LogP contribution < -0.4 is 14.8 Å². The first-order chi connectivity index (χ1) is 12.5. The van der Waals surface area contributed by atoms with Crippen LogP contribution in [0.1, 0.15) is 11.1 Å². The van der Waals surface area contributed by atoms with Crippen LogP contribution in [0, 0.1) is 6.92 Å². The molecule has 1 saturated heterocycles. The van der Waals surface area contributed by atoms with Crippen molar-refractivity contribution in [1.29, 1.82) is 0 Å². The molecule has 0 unspecified atom stereocenters. The molecular weight excluding hydrogens is 390 g/mol. The van der Waals surface area contributed by atoms with E-state index in [9.17, 15) is 4.79 Å². The number of thiocarbonyl (C=S) groups is 1. The molecule has 0 aromatic heterocycles. The molecule has 1 heterocycles. The molecule has 0 saturated carbocycles. The van der Waals surface area contributed by atoms with E-state index in [2.05, 4.69) is 5.32 Å². The van der Waals surface area contributed by atoms with Crippen molar-refractivity contribution >= 4 is 51.9 Å². The standard InChI is InChI=1S/C19H16ClNO3S2/c1-12-9-15(5-6-16(12)20)24-8-7-23-14-4-2-3-13(10-14)11-17-18(22)21-19(25)26-17/h2-6,9-11H,7-8H2,1H3,(H,21,22,25)/b17-11-. The lowest BCUT2D eigenvalue weighted by atomic mass is 10.2. The number of benzene rings is 2. The molecule has 0 radical (unpaired) electrons. The Morgan fingerprint density at radius 2 is 1.88 bits per heavy atom.